The Morgan fingerprint density at radius 1 is 1.20 bits per heavy atom. The van der Waals surface area contributed by atoms with Crippen molar-refractivity contribution >= 4 is 16.2 Å². The number of nitrogens with zero attached hydrogens (tertiary/aromatic N) is 1. The van der Waals surface area contributed by atoms with Crippen LogP contribution in [0, 0.1) is 0 Å². The van der Waals surface area contributed by atoms with Gasteiger partial charge in [0.1, 0.15) is 0 Å². The summed E-state index contributed by atoms with van der Waals surface area (Å²) in [6.07, 6.45) is 1.66. The molecule has 1 saturated heterocycles. The van der Waals surface area contributed by atoms with Gasteiger partial charge in [0.2, 0.25) is 0 Å². The predicted octanol–water partition coefficient (Wildman–Crippen LogP) is 0.744. The molecule has 110 valence electrons. The smallest absolute Gasteiger partial charge is 0.307 e. The van der Waals surface area contributed by atoms with E-state index in [-0.39, 0.29) is 13.0 Å². The number of aliphatic carboxylic acids is 1. The van der Waals surface area contributed by atoms with Gasteiger partial charge in [-0.25, -0.2) is 0 Å². The van der Waals surface area contributed by atoms with E-state index in [9.17, 15) is 13.2 Å². The van der Waals surface area contributed by atoms with Crippen molar-refractivity contribution in [2.45, 2.75) is 25.8 Å². The van der Waals surface area contributed by atoms with E-state index in [1.807, 2.05) is 0 Å². The van der Waals surface area contributed by atoms with Crippen molar-refractivity contribution in [1.82, 2.24) is 9.03 Å². The second kappa shape index (κ2) is 6.34. The minimum Gasteiger partial charge on any atom is -0.481 e. The molecule has 20 heavy (non-hydrogen) atoms. The molecule has 1 fully saturated rings. The van der Waals surface area contributed by atoms with Gasteiger partial charge in [-0.2, -0.15) is 17.4 Å². The van der Waals surface area contributed by atoms with Crippen LogP contribution in [0.3, 0.4) is 0 Å². The summed E-state index contributed by atoms with van der Waals surface area (Å²) in [5, 5.41) is 8.85. The Morgan fingerprint density at radius 3 is 2.40 bits per heavy atom. The lowest BCUT2D eigenvalue weighted by molar-refractivity contribution is -0.136. The summed E-state index contributed by atoms with van der Waals surface area (Å²) in [5.74, 6) is -0.931. The molecule has 0 atom stereocenters. The summed E-state index contributed by atoms with van der Waals surface area (Å²) < 4.78 is 28.0. The van der Waals surface area contributed by atoms with Crippen LogP contribution < -0.4 is 4.72 Å². The van der Waals surface area contributed by atoms with E-state index in [1.54, 1.807) is 24.3 Å². The second-order valence-corrected chi connectivity index (χ2v) is 6.53. The molecule has 0 spiro atoms. The first-order valence-corrected chi connectivity index (χ1v) is 7.96. The average Bonchev–Trinajstić information content (AvgIpc) is 2.92. The minimum atomic E-state index is -3.47. The van der Waals surface area contributed by atoms with E-state index < -0.39 is 16.2 Å². The number of carboxylic acids is 1. The van der Waals surface area contributed by atoms with E-state index >= 15 is 0 Å². The Balaban J connectivity index is 2.05. The molecule has 0 unspecified atom stereocenters. The van der Waals surface area contributed by atoms with Crippen molar-refractivity contribution < 1.29 is 18.3 Å². The van der Waals surface area contributed by atoms with E-state index in [4.69, 9.17) is 5.11 Å². The van der Waals surface area contributed by atoms with Gasteiger partial charge in [-0.3, -0.25) is 4.79 Å². The molecule has 1 aliphatic rings. The summed E-state index contributed by atoms with van der Waals surface area (Å²) in [6, 6.07) is 6.96. The van der Waals surface area contributed by atoms with Crippen LogP contribution in [-0.4, -0.2) is 36.9 Å². The second-order valence-electron chi connectivity index (χ2n) is 4.77. The SMILES string of the molecule is O=C(O)Cc1ccccc1CNS(=O)(=O)N1CCCC1. The highest BCUT2D eigenvalue weighted by molar-refractivity contribution is 7.87. The predicted molar refractivity (Wildman–Crippen MR) is 74.3 cm³/mol. The number of carbonyl (C=O) groups is 1. The Bertz CT molecular complexity index is 580. The third-order valence-corrected chi connectivity index (χ3v) is 4.86. The number of benzene rings is 1. The molecule has 0 radical (unpaired) electrons. The molecule has 1 aromatic carbocycles. The maximum Gasteiger partial charge on any atom is 0.307 e. The quantitative estimate of drug-likeness (QED) is 0.811. The van der Waals surface area contributed by atoms with E-state index in [1.165, 1.54) is 4.31 Å². The van der Waals surface area contributed by atoms with Gasteiger partial charge in [0, 0.05) is 19.6 Å². The Labute approximate surface area is 118 Å². The highest BCUT2D eigenvalue weighted by atomic mass is 32.2. The van der Waals surface area contributed by atoms with Crippen LogP contribution in [0.15, 0.2) is 24.3 Å². The largest absolute Gasteiger partial charge is 0.481 e. The van der Waals surface area contributed by atoms with Crippen LogP contribution in [0.4, 0.5) is 0 Å². The lowest BCUT2D eigenvalue weighted by Gasteiger charge is -2.17. The summed E-state index contributed by atoms with van der Waals surface area (Å²) in [5.41, 5.74) is 1.32. The zero-order chi connectivity index (χ0) is 14.6. The standard InChI is InChI=1S/C13H18N2O4S/c16-13(17)9-11-5-1-2-6-12(11)10-14-20(18,19)15-7-3-4-8-15/h1-2,5-6,14H,3-4,7-10H2,(H,16,17). The number of hydrogen-bond acceptors (Lipinski definition) is 3. The fourth-order valence-corrected chi connectivity index (χ4v) is 3.51. The topological polar surface area (TPSA) is 86.7 Å². The highest BCUT2D eigenvalue weighted by Gasteiger charge is 2.24. The normalized spacial score (nSPS) is 16.4. The monoisotopic (exact) mass is 298 g/mol. The molecule has 0 aromatic heterocycles. The fraction of sp³-hybridized carbons (Fsp3) is 0.462. The van der Waals surface area contributed by atoms with Gasteiger partial charge < -0.3 is 5.11 Å². The van der Waals surface area contributed by atoms with Crippen LogP contribution in [-0.2, 0) is 28.0 Å². The molecule has 0 bridgehead atoms. The van der Waals surface area contributed by atoms with Crippen LogP contribution in [0.2, 0.25) is 0 Å². The van der Waals surface area contributed by atoms with E-state index in [2.05, 4.69) is 4.72 Å². The maximum absolute atomic E-state index is 12.0. The van der Waals surface area contributed by atoms with Crippen molar-refractivity contribution in [2.24, 2.45) is 0 Å². The zero-order valence-electron chi connectivity index (χ0n) is 11.1. The van der Waals surface area contributed by atoms with Crippen LogP contribution in [0.25, 0.3) is 0 Å². The van der Waals surface area contributed by atoms with E-state index in [0.29, 0.717) is 24.2 Å². The first kappa shape index (κ1) is 15.0. The molecule has 0 amide bonds. The van der Waals surface area contributed by atoms with E-state index in [0.717, 1.165) is 12.8 Å². The molecule has 0 aliphatic carbocycles. The van der Waals surface area contributed by atoms with Crippen molar-refractivity contribution in [3.05, 3.63) is 35.4 Å². The van der Waals surface area contributed by atoms with Gasteiger partial charge in [0.15, 0.2) is 0 Å². The molecule has 6 nitrogen and oxygen atoms in total. The third kappa shape index (κ3) is 3.78. The number of nitrogens with one attached hydrogen (secondary N) is 1. The van der Waals surface area contributed by atoms with Crippen LogP contribution in [0.5, 0.6) is 0 Å². The fourth-order valence-electron chi connectivity index (χ4n) is 2.25. The molecule has 7 heteroatoms. The van der Waals surface area contributed by atoms with Crippen molar-refractivity contribution in [3.63, 3.8) is 0 Å². The summed E-state index contributed by atoms with van der Waals surface area (Å²) in [7, 11) is -3.47. The van der Waals surface area contributed by atoms with Crippen LogP contribution >= 0.6 is 0 Å². The van der Waals surface area contributed by atoms with Gasteiger partial charge in [0.25, 0.3) is 10.2 Å². The molecular formula is C13H18N2O4S. The van der Waals surface area contributed by atoms with Gasteiger partial charge >= 0.3 is 5.97 Å². The lowest BCUT2D eigenvalue weighted by Crippen LogP contribution is -2.38. The third-order valence-electron chi connectivity index (χ3n) is 3.31. The molecule has 1 aromatic rings. The summed E-state index contributed by atoms with van der Waals surface area (Å²) in [4.78, 5) is 10.8. The van der Waals surface area contributed by atoms with Crippen molar-refractivity contribution in [2.75, 3.05) is 13.1 Å². The molecule has 2 rings (SSSR count). The first-order valence-electron chi connectivity index (χ1n) is 6.52. The average molecular weight is 298 g/mol. The van der Waals surface area contributed by atoms with Gasteiger partial charge in [-0.15, -0.1) is 0 Å². The minimum absolute atomic E-state index is 0.110. The van der Waals surface area contributed by atoms with Gasteiger partial charge in [0.05, 0.1) is 6.42 Å². The van der Waals surface area contributed by atoms with Gasteiger partial charge in [-0.05, 0) is 24.0 Å². The summed E-state index contributed by atoms with van der Waals surface area (Å²) in [6.45, 7) is 1.21. The molecule has 1 aliphatic heterocycles. The Kier molecular flexibility index (Phi) is 4.74. The van der Waals surface area contributed by atoms with Crippen molar-refractivity contribution in [3.8, 4) is 0 Å². The van der Waals surface area contributed by atoms with Crippen molar-refractivity contribution in [1.29, 1.82) is 0 Å². The molecule has 2 N–H and O–H groups in total. The lowest BCUT2D eigenvalue weighted by atomic mass is 10.1. The number of hydrogen-bond donors (Lipinski definition) is 2. The number of carboxylic acid groups (broad SMARTS) is 1. The molecule has 1 heterocycles. The highest BCUT2D eigenvalue weighted by Crippen LogP contribution is 2.13. The molecular weight excluding hydrogens is 280 g/mol. The Morgan fingerprint density at radius 2 is 1.80 bits per heavy atom. The zero-order valence-corrected chi connectivity index (χ0v) is 11.9. The van der Waals surface area contributed by atoms with Crippen LogP contribution in [0.1, 0.15) is 24.0 Å². The number of rotatable bonds is 6. The Hall–Kier alpha value is -1.44. The van der Waals surface area contributed by atoms with Gasteiger partial charge in [-0.1, -0.05) is 24.3 Å². The molecule has 0 saturated carbocycles. The first-order chi connectivity index (χ1) is 9.49. The summed E-state index contributed by atoms with van der Waals surface area (Å²) >= 11 is 0. The maximum atomic E-state index is 12.0.